The number of ether oxygens (including phenoxy) is 1. The lowest BCUT2D eigenvalue weighted by atomic mass is 9.89. The number of nitrogens with one attached hydrogen (secondary N) is 2. The third-order valence-electron chi connectivity index (χ3n) is 5.40. The fraction of sp³-hybridized carbons (Fsp3) is 0.941. The van der Waals surface area contributed by atoms with Gasteiger partial charge in [-0.05, 0) is 38.5 Å². The van der Waals surface area contributed by atoms with E-state index in [9.17, 15) is 20.1 Å². The largest absolute Gasteiger partial charge is 1.00 e. The Labute approximate surface area is 183 Å². The van der Waals surface area contributed by atoms with Crippen LogP contribution in [0.1, 0.15) is 34.5 Å². The first-order valence-electron chi connectivity index (χ1n) is 9.20. The van der Waals surface area contributed by atoms with Gasteiger partial charge in [0.1, 0.15) is 29.9 Å². The predicted molar refractivity (Wildman–Crippen MR) is 107 cm³/mol. The Morgan fingerprint density at radius 1 is 1.36 bits per heavy atom. The number of thioether (sulfide) groups is 1. The van der Waals surface area contributed by atoms with Crippen molar-refractivity contribution in [3.05, 3.63) is 0 Å². The van der Waals surface area contributed by atoms with Crippen molar-refractivity contribution < 1.29 is 44.2 Å². The van der Waals surface area contributed by atoms with E-state index in [1.54, 1.807) is 13.2 Å². The Bertz CT molecular complexity index is 483. The SMILES string of the molecule is CC[C@@H]1CCN[C@H](C(=O)NC(C(C)Cl)[C@H]2O[C@H](SC)[C@H](O)[C@@H](O)[C@@H]2O)C1.O.[Cl-].[H+]. The van der Waals surface area contributed by atoms with Crippen molar-refractivity contribution in [2.75, 3.05) is 12.8 Å². The molecule has 2 aliphatic heterocycles. The Kier molecular flexibility index (Phi) is 12.8. The number of aliphatic hydroxyl groups excluding tert-OH is 3. The normalized spacial score (nSPS) is 37.8. The molecule has 168 valence electrons. The van der Waals surface area contributed by atoms with Crippen molar-refractivity contribution in [2.24, 2.45) is 5.92 Å². The second kappa shape index (κ2) is 12.8. The van der Waals surface area contributed by atoms with Crippen LogP contribution in [0.3, 0.4) is 0 Å². The van der Waals surface area contributed by atoms with Gasteiger partial charge in [-0.15, -0.1) is 23.4 Å². The maximum Gasteiger partial charge on any atom is 1.00 e. The smallest absolute Gasteiger partial charge is 1.00 e. The zero-order chi connectivity index (χ0) is 19.4. The van der Waals surface area contributed by atoms with Crippen LogP contribution in [0.15, 0.2) is 0 Å². The number of halogens is 2. The van der Waals surface area contributed by atoms with E-state index >= 15 is 0 Å². The van der Waals surface area contributed by atoms with Crippen molar-refractivity contribution in [3.8, 4) is 0 Å². The lowest BCUT2D eigenvalue weighted by Crippen LogP contribution is -3.00. The fourth-order valence-electron chi connectivity index (χ4n) is 3.66. The minimum absolute atomic E-state index is 0. The Balaban J connectivity index is 0. The van der Waals surface area contributed by atoms with Crippen LogP contribution >= 0.6 is 23.4 Å². The molecule has 11 heteroatoms. The van der Waals surface area contributed by atoms with Gasteiger partial charge in [0.05, 0.1) is 17.5 Å². The van der Waals surface area contributed by atoms with E-state index in [0.29, 0.717) is 5.92 Å². The highest BCUT2D eigenvalue weighted by Gasteiger charge is 2.48. The van der Waals surface area contributed by atoms with Gasteiger partial charge in [0.25, 0.3) is 0 Å². The Morgan fingerprint density at radius 2 is 2.00 bits per heavy atom. The van der Waals surface area contributed by atoms with Gasteiger partial charge in [0, 0.05) is 0 Å². The van der Waals surface area contributed by atoms with Gasteiger partial charge in [0.2, 0.25) is 5.91 Å². The van der Waals surface area contributed by atoms with Crippen LogP contribution in [0.2, 0.25) is 0 Å². The molecule has 0 bridgehead atoms. The van der Waals surface area contributed by atoms with Crippen LogP contribution in [0.25, 0.3) is 0 Å². The number of alkyl halides is 1. The molecule has 0 radical (unpaired) electrons. The molecule has 2 unspecified atom stereocenters. The molecule has 0 aliphatic carbocycles. The van der Waals surface area contributed by atoms with Gasteiger partial charge < -0.3 is 48.6 Å². The van der Waals surface area contributed by atoms with Gasteiger partial charge in [0.15, 0.2) is 0 Å². The number of carbonyl (C=O) groups excluding carboxylic acids is 1. The molecular formula is C17H34Cl2N2O6S. The molecule has 8 nitrogen and oxygen atoms in total. The quantitative estimate of drug-likeness (QED) is 0.255. The first-order valence-corrected chi connectivity index (χ1v) is 10.9. The van der Waals surface area contributed by atoms with E-state index in [0.717, 1.165) is 25.8 Å². The third-order valence-corrected chi connectivity index (χ3v) is 6.53. The molecule has 9 atom stereocenters. The molecule has 0 spiro atoms. The third kappa shape index (κ3) is 6.58. The Hall–Kier alpha value is 0.160. The van der Waals surface area contributed by atoms with Gasteiger partial charge in [-0.2, -0.15) is 0 Å². The zero-order valence-electron chi connectivity index (χ0n) is 17.3. The first-order chi connectivity index (χ1) is 12.3. The van der Waals surface area contributed by atoms with Gasteiger partial charge >= 0.3 is 1.43 Å². The summed E-state index contributed by atoms with van der Waals surface area (Å²) < 4.78 is 5.77. The molecule has 0 aromatic carbocycles. The molecule has 2 saturated heterocycles. The molecule has 1 amide bonds. The van der Waals surface area contributed by atoms with Crippen LogP contribution in [-0.2, 0) is 9.53 Å². The van der Waals surface area contributed by atoms with Crippen LogP contribution in [-0.4, -0.2) is 86.8 Å². The van der Waals surface area contributed by atoms with Crippen molar-refractivity contribution >= 4 is 29.3 Å². The summed E-state index contributed by atoms with van der Waals surface area (Å²) in [5, 5.41) is 36.1. The topological polar surface area (TPSA) is 143 Å². The molecule has 0 aromatic heterocycles. The summed E-state index contributed by atoms with van der Waals surface area (Å²) in [4.78, 5) is 12.7. The molecule has 2 heterocycles. The molecule has 0 saturated carbocycles. The van der Waals surface area contributed by atoms with E-state index < -0.39 is 41.3 Å². The molecule has 2 fully saturated rings. The number of aliphatic hydroxyl groups is 3. The monoisotopic (exact) mass is 464 g/mol. The lowest BCUT2D eigenvalue weighted by molar-refractivity contribution is -0.205. The molecule has 2 rings (SSSR count). The summed E-state index contributed by atoms with van der Waals surface area (Å²) in [7, 11) is 0. The first kappa shape index (κ1) is 28.2. The minimum Gasteiger partial charge on any atom is -1.00 e. The lowest BCUT2D eigenvalue weighted by Gasteiger charge is -2.44. The van der Waals surface area contributed by atoms with Gasteiger partial charge in [-0.25, -0.2) is 0 Å². The number of piperidine rings is 1. The molecular weight excluding hydrogens is 431 g/mol. The summed E-state index contributed by atoms with van der Waals surface area (Å²) in [6.07, 6.45) is -0.236. The van der Waals surface area contributed by atoms with Crippen LogP contribution < -0.4 is 23.0 Å². The number of carbonyl (C=O) groups is 1. The Morgan fingerprint density at radius 3 is 2.54 bits per heavy atom. The van der Waals surface area contributed by atoms with E-state index in [1.807, 2.05) is 0 Å². The molecule has 0 aromatic rings. The standard InChI is InChI=1S/C17H31ClN2O5S.ClH.H2O/c1-4-9-5-6-19-10(7-9)16(24)20-11(8(2)18)15-13(22)12(21)14(23)17(25-15)26-3;;/h8-15,17,19,21-23H,4-7H2,1-3H3,(H,20,24);1H;1H2/t8?,9-,10+,11?,12+,13+,14-,15-,17-;;/m1../s1. The van der Waals surface area contributed by atoms with Crippen molar-refractivity contribution in [1.82, 2.24) is 10.6 Å². The molecule has 7 N–H and O–H groups in total. The number of hydrogen-bond donors (Lipinski definition) is 5. The maximum atomic E-state index is 12.7. The van der Waals surface area contributed by atoms with E-state index in [-0.39, 0.29) is 31.3 Å². The fourth-order valence-corrected chi connectivity index (χ4v) is 4.54. The van der Waals surface area contributed by atoms with Crippen molar-refractivity contribution in [3.63, 3.8) is 0 Å². The highest BCUT2D eigenvalue weighted by atomic mass is 35.5. The van der Waals surface area contributed by atoms with Crippen LogP contribution in [0.5, 0.6) is 0 Å². The number of rotatable bonds is 6. The maximum absolute atomic E-state index is 12.7. The summed E-state index contributed by atoms with van der Waals surface area (Å²) in [6, 6.07) is -1.00. The second-order valence-corrected chi connectivity index (χ2v) is 8.82. The second-order valence-electron chi connectivity index (χ2n) is 7.19. The molecule has 2 aliphatic rings. The van der Waals surface area contributed by atoms with Crippen LogP contribution in [0.4, 0.5) is 0 Å². The summed E-state index contributed by atoms with van der Waals surface area (Å²) in [5.41, 5.74) is -0.703. The summed E-state index contributed by atoms with van der Waals surface area (Å²) in [5.74, 6) is 0.325. The highest BCUT2D eigenvalue weighted by molar-refractivity contribution is 7.99. The molecule has 28 heavy (non-hydrogen) atoms. The van der Waals surface area contributed by atoms with Crippen LogP contribution in [0, 0.1) is 5.92 Å². The van der Waals surface area contributed by atoms with E-state index in [1.165, 1.54) is 11.8 Å². The summed E-state index contributed by atoms with van der Waals surface area (Å²) in [6.45, 7) is 4.62. The van der Waals surface area contributed by atoms with E-state index in [2.05, 4.69) is 17.6 Å². The average molecular weight is 465 g/mol. The highest BCUT2D eigenvalue weighted by Crippen LogP contribution is 2.30. The van der Waals surface area contributed by atoms with Crippen molar-refractivity contribution in [2.45, 2.75) is 80.4 Å². The predicted octanol–water partition coefficient (Wildman–Crippen LogP) is -3.66. The van der Waals surface area contributed by atoms with Gasteiger partial charge in [-0.1, -0.05) is 13.3 Å². The van der Waals surface area contributed by atoms with Crippen molar-refractivity contribution in [1.29, 1.82) is 0 Å². The van der Waals surface area contributed by atoms with Gasteiger partial charge in [-0.3, -0.25) is 4.79 Å². The summed E-state index contributed by atoms with van der Waals surface area (Å²) >= 11 is 7.51. The van der Waals surface area contributed by atoms with E-state index in [4.69, 9.17) is 16.3 Å². The number of hydrogen-bond acceptors (Lipinski definition) is 7. The number of amides is 1. The zero-order valence-corrected chi connectivity index (χ0v) is 18.7. The minimum atomic E-state index is -1.36. The average Bonchev–Trinajstić information content (AvgIpc) is 2.64.